The number of carbonyl (C=O) groups excluding carboxylic acids is 1. The molecule has 0 aromatic heterocycles. The van der Waals surface area contributed by atoms with E-state index in [-0.39, 0.29) is 11.7 Å². The summed E-state index contributed by atoms with van der Waals surface area (Å²) in [4.78, 5) is 11.6. The van der Waals surface area contributed by atoms with Gasteiger partial charge in [0.2, 0.25) is 0 Å². The van der Waals surface area contributed by atoms with Gasteiger partial charge in [-0.1, -0.05) is 43.3 Å². The van der Waals surface area contributed by atoms with Gasteiger partial charge in [0.15, 0.2) is 5.78 Å². The van der Waals surface area contributed by atoms with Crippen molar-refractivity contribution in [1.29, 1.82) is 0 Å². The maximum Gasteiger partial charge on any atom is 0.163 e. The molecule has 1 heteroatoms. The summed E-state index contributed by atoms with van der Waals surface area (Å²) in [7, 11) is 0. The van der Waals surface area contributed by atoms with Crippen LogP contribution in [-0.2, 0) is 0 Å². The average Bonchev–Trinajstić information content (AvgIpc) is 2.19. The molecular formula is C12H14O. The highest BCUT2D eigenvalue weighted by Gasteiger charge is 2.07. The Bertz CT molecular complexity index is 287. The number of rotatable bonds is 4. The van der Waals surface area contributed by atoms with Gasteiger partial charge in [-0.25, -0.2) is 0 Å². The van der Waals surface area contributed by atoms with Gasteiger partial charge >= 0.3 is 0 Å². The fraction of sp³-hybridized carbons (Fsp3) is 0.250. The van der Waals surface area contributed by atoms with Gasteiger partial charge in [-0.2, -0.15) is 0 Å². The summed E-state index contributed by atoms with van der Waals surface area (Å²) in [5, 5.41) is 0. The average molecular weight is 174 g/mol. The minimum absolute atomic E-state index is 0.188. The van der Waals surface area contributed by atoms with Crippen molar-refractivity contribution in [3.8, 4) is 0 Å². The molecular weight excluding hydrogens is 160 g/mol. The van der Waals surface area contributed by atoms with Crippen LogP contribution < -0.4 is 0 Å². The zero-order valence-corrected chi connectivity index (χ0v) is 7.86. The Kier molecular flexibility index (Phi) is 3.44. The fourth-order valence-corrected chi connectivity index (χ4v) is 1.12. The molecule has 0 aliphatic carbocycles. The van der Waals surface area contributed by atoms with E-state index in [2.05, 4.69) is 6.58 Å². The highest BCUT2D eigenvalue weighted by atomic mass is 16.1. The molecule has 1 atom stereocenters. The molecule has 1 aromatic rings. The SMILES string of the molecule is C=CC(C)CC(=O)c1ccccc1. The molecule has 0 amide bonds. The third kappa shape index (κ3) is 2.86. The van der Waals surface area contributed by atoms with E-state index in [4.69, 9.17) is 0 Å². The predicted octanol–water partition coefficient (Wildman–Crippen LogP) is 3.08. The summed E-state index contributed by atoms with van der Waals surface area (Å²) in [6.45, 7) is 5.65. The van der Waals surface area contributed by atoms with Crippen LogP contribution in [0.15, 0.2) is 43.0 Å². The minimum atomic E-state index is 0.188. The van der Waals surface area contributed by atoms with Crippen LogP contribution in [0.1, 0.15) is 23.7 Å². The first kappa shape index (κ1) is 9.72. The molecule has 0 radical (unpaired) electrons. The first-order valence-electron chi connectivity index (χ1n) is 4.45. The highest BCUT2D eigenvalue weighted by Crippen LogP contribution is 2.09. The van der Waals surface area contributed by atoms with Crippen LogP contribution in [0.25, 0.3) is 0 Å². The molecule has 0 heterocycles. The van der Waals surface area contributed by atoms with E-state index in [1.165, 1.54) is 0 Å². The Morgan fingerprint density at radius 2 is 2.08 bits per heavy atom. The van der Waals surface area contributed by atoms with E-state index in [1.807, 2.05) is 37.3 Å². The highest BCUT2D eigenvalue weighted by molar-refractivity contribution is 5.96. The third-order valence-corrected chi connectivity index (χ3v) is 2.01. The number of hydrogen-bond acceptors (Lipinski definition) is 1. The molecule has 0 fully saturated rings. The number of hydrogen-bond donors (Lipinski definition) is 0. The Morgan fingerprint density at radius 1 is 1.46 bits per heavy atom. The number of ketones is 1. The van der Waals surface area contributed by atoms with E-state index in [0.29, 0.717) is 6.42 Å². The van der Waals surface area contributed by atoms with Crippen LogP contribution in [0.3, 0.4) is 0 Å². The zero-order chi connectivity index (χ0) is 9.68. The molecule has 1 unspecified atom stereocenters. The van der Waals surface area contributed by atoms with Crippen molar-refractivity contribution in [2.45, 2.75) is 13.3 Å². The lowest BCUT2D eigenvalue weighted by Gasteiger charge is -2.03. The van der Waals surface area contributed by atoms with Gasteiger partial charge in [0.05, 0.1) is 0 Å². The van der Waals surface area contributed by atoms with Crippen LogP contribution in [0.2, 0.25) is 0 Å². The molecule has 0 saturated heterocycles. The fourth-order valence-electron chi connectivity index (χ4n) is 1.12. The maximum absolute atomic E-state index is 11.6. The van der Waals surface area contributed by atoms with Crippen LogP contribution in [0.5, 0.6) is 0 Å². The summed E-state index contributed by atoms with van der Waals surface area (Å²) in [6, 6.07) is 9.36. The lowest BCUT2D eigenvalue weighted by molar-refractivity contribution is 0.0972. The number of Topliss-reactive ketones (excluding diaryl/α,β-unsaturated/α-hetero) is 1. The molecule has 0 aliphatic heterocycles. The van der Waals surface area contributed by atoms with Crippen molar-refractivity contribution in [1.82, 2.24) is 0 Å². The second-order valence-electron chi connectivity index (χ2n) is 3.21. The lowest BCUT2D eigenvalue weighted by atomic mass is 10.0. The molecule has 1 rings (SSSR count). The molecule has 1 nitrogen and oxygen atoms in total. The van der Waals surface area contributed by atoms with Gasteiger partial charge in [-0.05, 0) is 5.92 Å². The first-order valence-corrected chi connectivity index (χ1v) is 4.45. The Hall–Kier alpha value is -1.37. The summed E-state index contributed by atoms with van der Waals surface area (Å²) in [5.41, 5.74) is 0.788. The van der Waals surface area contributed by atoms with Gasteiger partial charge in [-0.15, -0.1) is 6.58 Å². The summed E-state index contributed by atoms with van der Waals surface area (Å²) in [5.74, 6) is 0.445. The molecule has 0 bridgehead atoms. The van der Waals surface area contributed by atoms with Gasteiger partial charge in [0, 0.05) is 12.0 Å². The van der Waals surface area contributed by atoms with Crippen molar-refractivity contribution < 1.29 is 4.79 Å². The first-order chi connectivity index (χ1) is 6.24. The normalized spacial score (nSPS) is 12.1. The van der Waals surface area contributed by atoms with Gasteiger partial charge in [0.1, 0.15) is 0 Å². The molecule has 0 aliphatic rings. The second-order valence-corrected chi connectivity index (χ2v) is 3.21. The molecule has 0 N–H and O–H groups in total. The van der Waals surface area contributed by atoms with Crippen LogP contribution in [0.4, 0.5) is 0 Å². The quantitative estimate of drug-likeness (QED) is 0.506. The Balaban J connectivity index is 2.64. The molecule has 68 valence electrons. The van der Waals surface area contributed by atoms with Gasteiger partial charge in [-0.3, -0.25) is 4.79 Å². The van der Waals surface area contributed by atoms with Crippen LogP contribution in [0, 0.1) is 5.92 Å². The number of benzene rings is 1. The van der Waals surface area contributed by atoms with Crippen LogP contribution >= 0.6 is 0 Å². The lowest BCUT2D eigenvalue weighted by Crippen LogP contribution is -2.03. The number of allylic oxidation sites excluding steroid dienone is 1. The standard InChI is InChI=1S/C12H14O/c1-3-10(2)9-12(13)11-7-5-4-6-8-11/h3-8,10H,1,9H2,2H3. The van der Waals surface area contributed by atoms with E-state index >= 15 is 0 Å². The Morgan fingerprint density at radius 3 is 2.62 bits per heavy atom. The van der Waals surface area contributed by atoms with E-state index in [0.717, 1.165) is 5.56 Å². The van der Waals surface area contributed by atoms with Gasteiger partial charge < -0.3 is 0 Å². The molecule has 13 heavy (non-hydrogen) atoms. The van der Waals surface area contributed by atoms with E-state index in [1.54, 1.807) is 6.08 Å². The largest absolute Gasteiger partial charge is 0.294 e. The molecule has 1 aromatic carbocycles. The molecule has 0 spiro atoms. The van der Waals surface area contributed by atoms with Crippen LogP contribution in [-0.4, -0.2) is 5.78 Å². The monoisotopic (exact) mass is 174 g/mol. The molecule has 0 saturated carbocycles. The van der Waals surface area contributed by atoms with E-state index in [9.17, 15) is 4.79 Å². The van der Waals surface area contributed by atoms with Crippen molar-refractivity contribution in [2.24, 2.45) is 5.92 Å². The minimum Gasteiger partial charge on any atom is -0.294 e. The zero-order valence-electron chi connectivity index (χ0n) is 7.86. The summed E-state index contributed by atoms with van der Waals surface area (Å²) in [6.07, 6.45) is 2.36. The summed E-state index contributed by atoms with van der Waals surface area (Å²) < 4.78 is 0. The Labute approximate surface area is 79.1 Å². The second kappa shape index (κ2) is 4.61. The third-order valence-electron chi connectivity index (χ3n) is 2.01. The van der Waals surface area contributed by atoms with Crippen molar-refractivity contribution >= 4 is 5.78 Å². The van der Waals surface area contributed by atoms with Crippen molar-refractivity contribution in [3.05, 3.63) is 48.6 Å². The van der Waals surface area contributed by atoms with Crippen molar-refractivity contribution in [2.75, 3.05) is 0 Å². The maximum atomic E-state index is 11.6. The van der Waals surface area contributed by atoms with Gasteiger partial charge in [0.25, 0.3) is 0 Å². The number of carbonyl (C=O) groups is 1. The summed E-state index contributed by atoms with van der Waals surface area (Å²) >= 11 is 0. The smallest absolute Gasteiger partial charge is 0.163 e. The van der Waals surface area contributed by atoms with Crippen molar-refractivity contribution in [3.63, 3.8) is 0 Å². The predicted molar refractivity (Wildman–Crippen MR) is 54.8 cm³/mol. The van der Waals surface area contributed by atoms with E-state index < -0.39 is 0 Å². The topological polar surface area (TPSA) is 17.1 Å².